The summed E-state index contributed by atoms with van der Waals surface area (Å²) in [5.41, 5.74) is 0. The zero-order valence-electron chi connectivity index (χ0n) is 46.4. The molecule has 9 nitrogen and oxygen atoms in total. The molecule has 0 saturated heterocycles. The van der Waals surface area contributed by atoms with Crippen molar-refractivity contribution in [3.05, 3.63) is 85.1 Å². The Kier molecular flexibility index (Phi) is 50.2. The maximum absolute atomic E-state index is 12.9. The fourth-order valence-corrected chi connectivity index (χ4v) is 7.72. The molecule has 0 fully saturated rings. The number of carbonyl (C=O) groups excluding carboxylic acids is 2. The predicted octanol–water partition coefficient (Wildman–Crippen LogP) is 16.8. The Balaban J connectivity index is 4.23. The number of carbonyl (C=O) groups is 3. The molecule has 1 N–H and O–H groups in total. The standard InChI is InChI=1S/C62H107NO8/c1-6-8-10-12-14-16-18-20-22-24-25-26-27-28-29-30-31-32-33-34-35-37-39-41-43-45-47-49-51-53-60(65)71-58(57-70-62(61(66)67)68-55-54-63(3,4)5)56-69-59(64)52-50-48-46-44-42-40-38-36-23-21-19-17-15-13-11-9-7-2/h8,10,14-17,20-23,25-26,28-29,58,62H,6-7,9,11-13,18-19,24,27,30-57H2,1-5H3/p+1/b10-8-,16-14-,17-15-,22-20-,23-21-,26-25-,29-28-. The molecule has 0 radical (unpaired) electrons. The first-order valence-corrected chi connectivity index (χ1v) is 28.8. The lowest BCUT2D eigenvalue weighted by molar-refractivity contribution is -0.870. The molecule has 2 unspecified atom stereocenters. The highest BCUT2D eigenvalue weighted by Crippen LogP contribution is 2.16. The summed E-state index contributed by atoms with van der Waals surface area (Å²) in [5, 5.41) is 9.70. The molecule has 0 aliphatic carbocycles. The topological polar surface area (TPSA) is 108 Å². The quantitative estimate of drug-likeness (QED) is 0.0211. The van der Waals surface area contributed by atoms with Crippen molar-refractivity contribution in [1.29, 1.82) is 0 Å². The number of likely N-dealkylation sites (N-methyl/N-ethyl adjacent to an activating group) is 1. The Morgan fingerprint density at radius 2 is 0.803 bits per heavy atom. The highest BCUT2D eigenvalue weighted by Gasteiger charge is 2.25. The van der Waals surface area contributed by atoms with E-state index in [1.165, 1.54) is 109 Å². The average molecular weight is 996 g/mol. The van der Waals surface area contributed by atoms with E-state index >= 15 is 0 Å². The van der Waals surface area contributed by atoms with Gasteiger partial charge in [-0.1, -0.05) is 214 Å². The van der Waals surface area contributed by atoms with Crippen LogP contribution in [0.4, 0.5) is 0 Å². The lowest BCUT2D eigenvalue weighted by Crippen LogP contribution is -2.40. The summed E-state index contributed by atoms with van der Waals surface area (Å²) >= 11 is 0. The average Bonchev–Trinajstić information content (AvgIpc) is 3.34. The van der Waals surface area contributed by atoms with E-state index in [0.717, 1.165) is 89.9 Å². The number of unbranched alkanes of at least 4 members (excludes halogenated alkanes) is 23. The number of hydrogen-bond acceptors (Lipinski definition) is 7. The fourth-order valence-electron chi connectivity index (χ4n) is 7.72. The van der Waals surface area contributed by atoms with E-state index in [0.29, 0.717) is 23.9 Å². The number of rotatable bonds is 52. The van der Waals surface area contributed by atoms with E-state index in [4.69, 9.17) is 18.9 Å². The number of esters is 2. The van der Waals surface area contributed by atoms with E-state index < -0.39 is 24.3 Å². The summed E-state index contributed by atoms with van der Waals surface area (Å²) < 4.78 is 22.9. The molecule has 0 spiro atoms. The van der Waals surface area contributed by atoms with Crippen LogP contribution in [0.1, 0.15) is 232 Å². The molecule has 0 amide bonds. The van der Waals surface area contributed by atoms with Crippen molar-refractivity contribution in [2.45, 2.75) is 245 Å². The Bertz CT molecular complexity index is 1440. The summed E-state index contributed by atoms with van der Waals surface area (Å²) in [6.45, 7) is 4.73. The second-order valence-corrected chi connectivity index (χ2v) is 20.2. The molecule has 2 atom stereocenters. The van der Waals surface area contributed by atoms with Crippen molar-refractivity contribution in [3.63, 3.8) is 0 Å². The summed E-state index contributed by atoms with van der Waals surface area (Å²) in [6, 6.07) is 0. The molecule has 71 heavy (non-hydrogen) atoms. The van der Waals surface area contributed by atoms with Gasteiger partial charge >= 0.3 is 17.9 Å². The van der Waals surface area contributed by atoms with Crippen LogP contribution in [0, 0.1) is 0 Å². The first kappa shape index (κ1) is 67.5. The van der Waals surface area contributed by atoms with Crippen LogP contribution in [0.25, 0.3) is 0 Å². The minimum absolute atomic E-state index is 0.183. The third kappa shape index (κ3) is 54.1. The Morgan fingerprint density at radius 1 is 0.437 bits per heavy atom. The van der Waals surface area contributed by atoms with Crippen molar-refractivity contribution < 1.29 is 42.9 Å². The molecule has 408 valence electrons. The van der Waals surface area contributed by atoms with Gasteiger partial charge in [-0.3, -0.25) is 9.59 Å². The van der Waals surface area contributed by atoms with Gasteiger partial charge in [-0.05, 0) is 89.9 Å². The molecule has 0 heterocycles. The van der Waals surface area contributed by atoms with E-state index in [1.54, 1.807) is 0 Å². The van der Waals surface area contributed by atoms with Crippen molar-refractivity contribution in [1.82, 2.24) is 0 Å². The second kappa shape index (κ2) is 52.8. The van der Waals surface area contributed by atoms with Gasteiger partial charge in [-0.25, -0.2) is 4.79 Å². The second-order valence-electron chi connectivity index (χ2n) is 20.2. The molecular weight excluding hydrogens is 887 g/mol. The lowest BCUT2D eigenvalue weighted by Gasteiger charge is -2.25. The molecule has 9 heteroatoms. The van der Waals surface area contributed by atoms with Gasteiger partial charge in [0.1, 0.15) is 13.2 Å². The Morgan fingerprint density at radius 3 is 1.20 bits per heavy atom. The number of nitrogens with zero attached hydrogens (tertiary/aromatic N) is 1. The van der Waals surface area contributed by atoms with Crippen LogP contribution in [0.3, 0.4) is 0 Å². The Labute approximate surface area is 436 Å². The molecule has 0 rings (SSSR count). The van der Waals surface area contributed by atoms with E-state index in [9.17, 15) is 19.5 Å². The van der Waals surface area contributed by atoms with Crippen LogP contribution in [0.15, 0.2) is 85.1 Å². The highest BCUT2D eigenvalue weighted by molar-refractivity contribution is 5.71. The smallest absolute Gasteiger partial charge is 0.361 e. The van der Waals surface area contributed by atoms with Crippen LogP contribution >= 0.6 is 0 Å². The van der Waals surface area contributed by atoms with Gasteiger partial charge in [0.2, 0.25) is 0 Å². The van der Waals surface area contributed by atoms with Gasteiger partial charge < -0.3 is 28.5 Å². The van der Waals surface area contributed by atoms with Gasteiger partial charge in [0.15, 0.2) is 6.10 Å². The zero-order valence-corrected chi connectivity index (χ0v) is 46.4. The molecular formula is C62H108NO8+. The lowest BCUT2D eigenvalue weighted by atomic mass is 10.0. The molecule has 0 bridgehead atoms. The number of hydrogen-bond donors (Lipinski definition) is 1. The van der Waals surface area contributed by atoms with Crippen molar-refractivity contribution in [2.24, 2.45) is 0 Å². The van der Waals surface area contributed by atoms with Crippen LogP contribution in [0.2, 0.25) is 0 Å². The number of carboxylic acids is 1. The third-order valence-electron chi connectivity index (χ3n) is 12.1. The summed E-state index contributed by atoms with van der Waals surface area (Å²) in [5.74, 6) is -2.02. The predicted molar refractivity (Wildman–Crippen MR) is 299 cm³/mol. The summed E-state index contributed by atoms with van der Waals surface area (Å²) in [4.78, 5) is 37.4. The Hall–Kier alpha value is -3.53. The van der Waals surface area contributed by atoms with Gasteiger partial charge in [0.25, 0.3) is 6.29 Å². The van der Waals surface area contributed by atoms with Gasteiger partial charge in [-0.15, -0.1) is 0 Å². The van der Waals surface area contributed by atoms with Crippen LogP contribution < -0.4 is 0 Å². The first-order valence-electron chi connectivity index (χ1n) is 28.8. The van der Waals surface area contributed by atoms with Crippen molar-refractivity contribution in [2.75, 3.05) is 47.5 Å². The fraction of sp³-hybridized carbons (Fsp3) is 0.726. The van der Waals surface area contributed by atoms with Crippen LogP contribution in [-0.2, 0) is 33.3 Å². The van der Waals surface area contributed by atoms with Gasteiger partial charge in [-0.2, -0.15) is 0 Å². The monoisotopic (exact) mass is 995 g/mol. The van der Waals surface area contributed by atoms with Gasteiger partial charge in [0.05, 0.1) is 34.4 Å². The van der Waals surface area contributed by atoms with E-state index in [-0.39, 0.29) is 32.2 Å². The van der Waals surface area contributed by atoms with Crippen LogP contribution in [-0.4, -0.2) is 87.4 Å². The zero-order chi connectivity index (χ0) is 52.0. The normalized spacial score (nSPS) is 13.4. The molecule has 0 aliphatic rings. The molecule has 0 aromatic carbocycles. The largest absolute Gasteiger partial charge is 0.477 e. The first-order chi connectivity index (χ1) is 34.6. The SMILES string of the molecule is CC/C=C\C/C=C\C/C=C\C/C=C\C/C=C\CCCCCCCCCCCCCCCC(=O)OC(COC(=O)CCCCCCCCC/C=C\C/C=C\CCCCC)COC(OCC[N+](C)(C)C)C(=O)O. The van der Waals surface area contributed by atoms with E-state index in [1.807, 2.05) is 21.1 Å². The summed E-state index contributed by atoms with van der Waals surface area (Å²) in [7, 11) is 5.96. The minimum Gasteiger partial charge on any atom is -0.477 e. The number of quaternary nitrogens is 1. The molecule has 0 saturated carbocycles. The van der Waals surface area contributed by atoms with Crippen molar-refractivity contribution in [3.8, 4) is 0 Å². The maximum Gasteiger partial charge on any atom is 0.361 e. The molecule has 0 aromatic rings. The third-order valence-corrected chi connectivity index (χ3v) is 12.1. The van der Waals surface area contributed by atoms with Gasteiger partial charge in [0, 0.05) is 12.8 Å². The van der Waals surface area contributed by atoms with Crippen LogP contribution in [0.5, 0.6) is 0 Å². The maximum atomic E-state index is 12.9. The van der Waals surface area contributed by atoms with E-state index in [2.05, 4.69) is 98.9 Å². The number of carboxylic acid groups (broad SMARTS) is 1. The minimum atomic E-state index is -1.52. The summed E-state index contributed by atoms with van der Waals surface area (Å²) in [6.07, 6.45) is 66.5. The molecule has 0 aliphatic heterocycles. The number of allylic oxidation sites excluding steroid dienone is 14. The van der Waals surface area contributed by atoms with Crippen molar-refractivity contribution >= 4 is 17.9 Å². The number of aliphatic carboxylic acids is 1. The number of ether oxygens (including phenoxy) is 4. The highest BCUT2D eigenvalue weighted by atomic mass is 16.7. The molecule has 0 aromatic heterocycles.